The van der Waals surface area contributed by atoms with Crippen LogP contribution in [0.25, 0.3) is 10.8 Å². The highest BCUT2D eigenvalue weighted by molar-refractivity contribution is 5.96. The second kappa shape index (κ2) is 17.4. The van der Waals surface area contributed by atoms with Crippen molar-refractivity contribution in [3.8, 4) is 0 Å². The molecule has 3 aromatic rings. The number of carbonyl (C=O) groups is 2. The van der Waals surface area contributed by atoms with Gasteiger partial charge in [0.15, 0.2) is 6.10 Å². The van der Waals surface area contributed by atoms with E-state index in [1.807, 2.05) is 60.7 Å². The molecule has 1 N–H and O–H groups in total. The van der Waals surface area contributed by atoms with Gasteiger partial charge in [0.25, 0.3) is 5.91 Å². The summed E-state index contributed by atoms with van der Waals surface area (Å²) in [5, 5.41) is 13.4. The first-order valence-electron chi connectivity index (χ1n) is 19.5. The molecule has 0 radical (unpaired) electrons. The summed E-state index contributed by atoms with van der Waals surface area (Å²) in [7, 11) is 0. The van der Waals surface area contributed by atoms with Crippen LogP contribution in [0.3, 0.4) is 0 Å². The van der Waals surface area contributed by atoms with E-state index in [9.17, 15) is 14.7 Å². The van der Waals surface area contributed by atoms with Crippen LogP contribution >= 0.6 is 0 Å². The van der Waals surface area contributed by atoms with Crippen LogP contribution in [-0.2, 0) is 51.0 Å². The topological polar surface area (TPSA) is 122 Å². The number of aliphatic hydroxyl groups excluding tert-OH is 1. The average Bonchev–Trinajstić information content (AvgIpc) is 3.33. The zero-order chi connectivity index (χ0) is 38.6. The molecule has 0 spiro atoms. The summed E-state index contributed by atoms with van der Waals surface area (Å²) in [6.07, 6.45) is 4.89. The van der Waals surface area contributed by atoms with Crippen LogP contribution in [0.5, 0.6) is 0 Å². The Morgan fingerprint density at radius 2 is 1.73 bits per heavy atom. The van der Waals surface area contributed by atoms with Crippen LogP contribution in [0.4, 0.5) is 4.79 Å². The number of nitrogens with zero attached hydrogens (tertiary/aromatic N) is 1. The number of benzene rings is 3. The summed E-state index contributed by atoms with van der Waals surface area (Å²) in [5.41, 5.74) is 1.99. The lowest BCUT2D eigenvalue weighted by molar-refractivity contribution is -0.295. The molecule has 8 rings (SSSR count). The Hall–Kier alpha value is -4.46. The van der Waals surface area contributed by atoms with E-state index >= 15 is 0 Å². The molecule has 294 valence electrons. The van der Waals surface area contributed by atoms with E-state index in [4.69, 9.17) is 33.2 Å². The zero-order valence-corrected chi connectivity index (χ0v) is 31.3. The van der Waals surface area contributed by atoms with Crippen molar-refractivity contribution in [2.75, 3.05) is 13.2 Å². The second-order valence-corrected chi connectivity index (χ2v) is 15.0. The van der Waals surface area contributed by atoms with Crippen LogP contribution in [0, 0.1) is 0 Å². The second-order valence-electron chi connectivity index (χ2n) is 15.0. The Bertz CT molecular complexity index is 1930. The Labute approximate surface area is 327 Å². The first kappa shape index (κ1) is 38.4. The van der Waals surface area contributed by atoms with Gasteiger partial charge >= 0.3 is 6.09 Å². The summed E-state index contributed by atoms with van der Waals surface area (Å²) in [6, 6.07) is 23.6. The molecule has 0 aliphatic carbocycles. The van der Waals surface area contributed by atoms with Crippen molar-refractivity contribution in [1.29, 1.82) is 0 Å². The molecule has 11 nitrogen and oxygen atoms in total. The molecular formula is C45H49NO10. The molecule has 3 saturated heterocycles. The van der Waals surface area contributed by atoms with Crippen molar-refractivity contribution in [3.63, 3.8) is 0 Å². The number of carbonyl (C=O) groups excluding carboxylic acids is 2. The van der Waals surface area contributed by atoms with Crippen LogP contribution < -0.4 is 0 Å². The highest BCUT2D eigenvalue weighted by Gasteiger charge is 2.53. The van der Waals surface area contributed by atoms with E-state index in [1.54, 1.807) is 6.08 Å². The molecule has 56 heavy (non-hydrogen) atoms. The van der Waals surface area contributed by atoms with E-state index in [1.165, 1.54) is 11.5 Å². The van der Waals surface area contributed by atoms with E-state index in [0.717, 1.165) is 21.4 Å². The zero-order valence-electron chi connectivity index (χ0n) is 31.3. The first-order chi connectivity index (χ1) is 27.4. The molecule has 0 unspecified atom stereocenters. The lowest BCUT2D eigenvalue weighted by Gasteiger charge is -2.50. The number of aliphatic hydroxyl groups is 1. The maximum Gasteiger partial charge on any atom is 0.417 e. The van der Waals surface area contributed by atoms with Crippen LogP contribution in [0.15, 0.2) is 122 Å². The van der Waals surface area contributed by atoms with Gasteiger partial charge in [-0.15, -0.1) is 13.2 Å². The summed E-state index contributed by atoms with van der Waals surface area (Å²) >= 11 is 0. The molecule has 0 bridgehead atoms. The number of hydrogen-bond acceptors (Lipinski definition) is 10. The van der Waals surface area contributed by atoms with E-state index in [2.05, 4.69) is 49.6 Å². The molecule has 2 amide bonds. The minimum absolute atomic E-state index is 0.0308. The van der Waals surface area contributed by atoms with Gasteiger partial charge in [-0.3, -0.25) is 4.79 Å². The van der Waals surface area contributed by atoms with Crippen molar-refractivity contribution in [3.05, 3.63) is 134 Å². The Morgan fingerprint density at radius 1 is 0.911 bits per heavy atom. The molecule has 12 atom stereocenters. The molecular weight excluding hydrogens is 714 g/mol. The van der Waals surface area contributed by atoms with Gasteiger partial charge in [-0.05, 0) is 47.2 Å². The van der Waals surface area contributed by atoms with E-state index < -0.39 is 66.9 Å². The van der Waals surface area contributed by atoms with Crippen molar-refractivity contribution < 1.29 is 47.9 Å². The molecule has 3 fully saturated rings. The number of cyclic esters (lactones) is 1. The normalized spacial score (nSPS) is 32.2. The molecule has 5 aliphatic rings. The Balaban J connectivity index is 1.02. The van der Waals surface area contributed by atoms with Gasteiger partial charge in [-0.25, -0.2) is 9.69 Å². The van der Waals surface area contributed by atoms with E-state index in [-0.39, 0.29) is 24.9 Å². The predicted molar refractivity (Wildman–Crippen MR) is 208 cm³/mol. The molecule has 11 heteroatoms. The van der Waals surface area contributed by atoms with E-state index in [0.29, 0.717) is 38.9 Å². The van der Waals surface area contributed by atoms with Gasteiger partial charge in [-0.1, -0.05) is 103 Å². The summed E-state index contributed by atoms with van der Waals surface area (Å²) < 4.78 is 45.2. The number of ether oxygens (including phenoxy) is 7. The fourth-order valence-electron chi connectivity index (χ4n) is 8.46. The quantitative estimate of drug-likeness (QED) is 0.227. The number of hydrogen-bond donors (Lipinski definition) is 1. The Morgan fingerprint density at radius 3 is 2.55 bits per heavy atom. The largest absolute Gasteiger partial charge is 0.447 e. The van der Waals surface area contributed by atoms with Gasteiger partial charge in [0.2, 0.25) is 0 Å². The molecule has 5 heterocycles. The van der Waals surface area contributed by atoms with Crippen molar-refractivity contribution in [1.82, 2.24) is 4.90 Å². The maximum absolute atomic E-state index is 14.2. The third-order valence-corrected chi connectivity index (χ3v) is 11.3. The highest BCUT2D eigenvalue weighted by atomic mass is 16.6. The predicted octanol–water partition coefficient (Wildman–Crippen LogP) is 5.79. The summed E-state index contributed by atoms with van der Waals surface area (Å²) in [6.45, 7) is 8.52. The number of imide groups is 1. The monoisotopic (exact) mass is 763 g/mol. The van der Waals surface area contributed by atoms with Gasteiger partial charge in [0.05, 0.1) is 43.7 Å². The van der Waals surface area contributed by atoms with Gasteiger partial charge in [-0.2, -0.15) is 0 Å². The third-order valence-electron chi connectivity index (χ3n) is 11.3. The SMILES string of the molecule is C=CC[C@H]1O[C@H]2C[C@H]3O[C@H]4CC=CCO[C@@H]4[C@@H](OCc4ccc5ccccc5c4)[C@@H]3O[C@@H]2C=C[C@@H]1O[C@H](C(=O)N1C(=O)OC[C@@H]1Cc1ccccc1)[C@H](O)C=C. The average molecular weight is 764 g/mol. The minimum Gasteiger partial charge on any atom is -0.447 e. The first-order valence-corrected chi connectivity index (χ1v) is 19.5. The van der Waals surface area contributed by atoms with Gasteiger partial charge in [0.1, 0.15) is 43.2 Å². The fraction of sp³-hybridized carbons (Fsp3) is 0.422. The molecule has 3 aromatic carbocycles. The third kappa shape index (κ3) is 8.17. The highest BCUT2D eigenvalue weighted by Crippen LogP contribution is 2.40. The van der Waals surface area contributed by atoms with Crippen LogP contribution in [0.2, 0.25) is 0 Å². The smallest absolute Gasteiger partial charge is 0.417 e. The number of amides is 2. The van der Waals surface area contributed by atoms with Crippen LogP contribution in [-0.4, -0.2) is 108 Å². The van der Waals surface area contributed by atoms with Crippen molar-refractivity contribution in [2.45, 2.75) is 105 Å². The summed E-state index contributed by atoms with van der Waals surface area (Å²) in [5.74, 6) is -0.720. The lowest BCUT2D eigenvalue weighted by atomic mass is 9.87. The lowest BCUT2D eigenvalue weighted by Crippen LogP contribution is -2.64. The van der Waals surface area contributed by atoms with Crippen molar-refractivity contribution >= 4 is 22.8 Å². The van der Waals surface area contributed by atoms with Crippen LogP contribution in [0.1, 0.15) is 30.4 Å². The molecule has 0 saturated carbocycles. The van der Waals surface area contributed by atoms with Gasteiger partial charge in [0, 0.05) is 6.42 Å². The standard InChI is InChI=1S/C45H49NO10/c1-3-12-34-35(55-40(33(47)4-2)44(48)46-32(27-52-45(46)49)24-28-13-6-5-7-14-28)20-21-36-38(53-34)25-39-42(56-36)43(41-37(54-39)17-10-11-22-50-41)51-26-29-18-19-30-15-8-9-16-31(30)23-29/h3-11,13-16,18-21,23,32-43,47H,1-2,12,17,22,24-27H2/t32-,33+,34+,35-,36+,37-,38-,39+,40-,41-,42+,43+/m0/s1. The molecule has 5 aliphatic heterocycles. The van der Waals surface area contributed by atoms with Crippen molar-refractivity contribution in [2.24, 2.45) is 0 Å². The number of rotatable bonds is 12. The summed E-state index contributed by atoms with van der Waals surface area (Å²) in [4.78, 5) is 28.2. The minimum atomic E-state index is -1.47. The maximum atomic E-state index is 14.2. The Kier molecular flexibility index (Phi) is 11.9. The molecule has 0 aromatic heterocycles. The van der Waals surface area contributed by atoms with Gasteiger partial charge < -0.3 is 38.3 Å². The fourth-order valence-corrected chi connectivity index (χ4v) is 8.46. The number of fused-ring (bicyclic) bond motifs is 4.